The number of halogens is 3. The van der Waals surface area contributed by atoms with Crippen molar-refractivity contribution in [1.82, 2.24) is 9.88 Å². The summed E-state index contributed by atoms with van der Waals surface area (Å²) in [5, 5.41) is 0. The maximum atomic E-state index is 12.2. The first kappa shape index (κ1) is 18.1. The zero-order valence-corrected chi connectivity index (χ0v) is 15.2. The van der Waals surface area contributed by atoms with Gasteiger partial charge in [0.15, 0.2) is 0 Å². The van der Waals surface area contributed by atoms with E-state index in [-0.39, 0.29) is 5.75 Å². The predicted molar refractivity (Wildman–Crippen MR) is 99.1 cm³/mol. The first-order chi connectivity index (χ1) is 13.0. The molecule has 1 aromatic heterocycles. The van der Waals surface area contributed by atoms with Crippen molar-refractivity contribution in [2.24, 2.45) is 0 Å². The summed E-state index contributed by atoms with van der Waals surface area (Å²) in [6, 6.07) is 13.4. The van der Waals surface area contributed by atoms with Gasteiger partial charge in [0.05, 0.1) is 15.7 Å². The predicted octanol–water partition coefficient (Wildman–Crippen LogP) is 4.32. The van der Waals surface area contributed by atoms with Crippen LogP contribution in [0.3, 0.4) is 0 Å². The van der Waals surface area contributed by atoms with E-state index in [1.165, 1.54) is 12.1 Å². The third kappa shape index (κ3) is 4.51. The average molecular weight is 392 g/mol. The van der Waals surface area contributed by atoms with Crippen molar-refractivity contribution in [3.8, 4) is 5.75 Å². The fourth-order valence-corrected chi connectivity index (χ4v) is 3.86. The van der Waals surface area contributed by atoms with E-state index < -0.39 is 6.36 Å². The Kier molecular flexibility index (Phi) is 4.92. The molecule has 8 heteroatoms. The van der Waals surface area contributed by atoms with Crippen LogP contribution in [0.4, 0.5) is 18.9 Å². The SMILES string of the molecule is FC(F)(F)Oc1ccc(CN2CCN(c3[c]cc4ncsc4c3)CC2)cc1. The first-order valence-corrected chi connectivity index (χ1v) is 9.41. The molecule has 0 amide bonds. The average Bonchev–Trinajstić information content (AvgIpc) is 3.10. The van der Waals surface area contributed by atoms with Gasteiger partial charge in [-0.15, -0.1) is 24.5 Å². The first-order valence-electron chi connectivity index (χ1n) is 8.53. The Labute approximate surface area is 158 Å². The molecular formula is C19H17F3N3OS. The molecule has 1 radical (unpaired) electrons. The van der Waals surface area contributed by atoms with Crippen LogP contribution in [0.2, 0.25) is 0 Å². The Hall–Kier alpha value is -2.32. The monoisotopic (exact) mass is 392 g/mol. The maximum absolute atomic E-state index is 12.2. The summed E-state index contributed by atoms with van der Waals surface area (Å²) >= 11 is 1.62. The number of benzene rings is 2. The van der Waals surface area contributed by atoms with Gasteiger partial charge in [-0.25, -0.2) is 4.98 Å². The van der Waals surface area contributed by atoms with Crippen LogP contribution in [-0.4, -0.2) is 42.4 Å². The number of fused-ring (bicyclic) bond motifs is 1. The zero-order chi connectivity index (χ0) is 18.9. The van der Waals surface area contributed by atoms with Gasteiger partial charge >= 0.3 is 6.36 Å². The van der Waals surface area contributed by atoms with Crippen molar-refractivity contribution in [3.05, 3.63) is 53.5 Å². The summed E-state index contributed by atoms with van der Waals surface area (Å²) in [5.41, 5.74) is 4.86. The lowest BCUT2D eigenvalue weighted by Gasteiger charge is -2.36. The van der Waals surface area contributed by atoms with Crippen LogP contribution in [0.15, 0.2) is 41.9 Å². The van der Waals surface area contributed by atoms with Crippen molar-refractivity contribution in [2.75, 3.05) is 31.1 Å². The summed E-state index contributed by atoms with van der Waals surface area (Å²) in [5.74, 6) is -0.190. The number of rotatable bonds is 4. The molecule has 0 unspecified atom stereocenters. The number of nitrogens with zero attached hydrogens (tertiary/aromatic N) is 3. The van der Waals surface area contributed by atoms with E-state index in [9.17, 15) is 13.2 Å². The van der Waals surface area contributed by atoms with Gasteiger partial charge in [-0.2, -0.15) is 0 Å². The highest BCUT2D eigenvalue weighted by Crippen LogP contribution is 2.26. The Morgan fingerprint density at radius 1 is 1.11 bits per heavy atom. The van der Waals surface area contributed by atoms with Crippen LogP contribution in [0, 0.1) is 6.07 Å². The Morgan fingerprint density at radius 2 is 1.85 bits per heavy atom. The molecule has 2 heterocycles. The summed E-state index contributed by atoms with van der Waals surface area (Å²) in [6.07, 6.45) is -4.66. The van der Waals surface area contributed by atoms with E-state index in [2.05, 4.69) is 31.7 Å². The standard InChI is InChI=1S/C19H17F3N3OS/c20-19(21,22)26-16-4-1-14(2-5-16)12-24-7-9-25(10-8-24)15-3-6-17-18(11-15)27-13-23-17/h1-2,4-6,11,13H,7-10,12H2. The number of piperazine rings is 1. The molecule has 1 fully saturated rings. The van der Waals surface area contributed by atoms with E-state index in [1.54, 1.807) is 23.5 Å². The number of hydrogen-bond donors (Lipinski definition) is 0. The molecule has 27 heavy (non-hydrogen) atoms. The molecule has 4 rings (SSSR count). The quantitative estimate of drug-likeness (QED) is 0.661. The summed E-state index contributed by atoms with van der Waals surface area (Å²) in [4.78, 5) is 8.87. The molecule has 1 aliphatic heterocycles. The number of anilines is 1. The van der Waals surface area contributed by atoms with E-state index in [4.69, 9.17) is 0 Å². The normalized spacial score (nSPS) is 16.0. The highest BCUT2D eigenvalue weighted by molar-refractivity contribution is 7.16. The van der Waals surface area contributed by atoms with Crippen LogP contribution in [0.5, 0.6) is 5.75 Å². The highest BCUT2D eigenvalue weighted by Gasteiger charge is 2.31. The van der Waals surface area contributed by atoms with Gasteiger partial charge < -0.3 is 9.64 Å². The smallest absolute Gasteiger partial charge is 0.406 e. The second-order valence-corrected chi connectivity index (χ2v) is 7.26. The number of thiazole rings is 1. The minimum Gasteiger partial charge on any atom is -0.406 e. The minimum absolute atomic E-state index is 0.190. The van der Waals surface area contributed by atoms with Gasteiger partial charge in [-0.05, 0) is 29.8 Å². The largest absolute Gasteiger partial charge is 0.573 e. The molecule has 0 atom stereocenters. The molecule has 3 aromatic rings. The number of aromatic nitrogens is 1. The molecular weight excluding hydrogens is 375 g/mol. The zero-order valence-electron chi connectivity index (χ0n) is 14.4. The van der Waals surface area contributed by atoms with Gasteiger partial charge in [0.1, 0.15) is 5.75 Å². The molecule has 141 valence electrons. The van der Waals surface area contributed by atoms with Gasteiger partial charge in [0.2, 0.25) is 0 Å². The van der Waals surface area contributed by atoms with Crippen LogP contribution < -0.4 is 9.64 Å². The Balaban J connectivity index is 1.32. The second kappa shape index (κ2) is 7.36. The second-order valence-electron chi connectivity index (χ2n) is 6.38. The van der Waals surface area contributed by atoms with Crippen LogP contribution in [-0.2, 0) is 6.54 Å². The molecule has 0 aliphatic carbocycles. The van der Waals surface area contributed by atoms with Crippen molar-refractivity contribution < 1.29 is 17.9 Å². The lowest BCUT2D eigenvalue weighted by Crippen LogP contribution is -2.46. The summed E-state index contributed by atoms with van der Waals surface area (Å²) in [6.45, 7) is 4.24. The van der Waals surface area contributed by atoms with Crippen molar-refractivity contribution in [3.63, 3.8) is 0 Å². The van der Waals surface area contributed by atoms with Crippen molar-refractivity contribution in [2.45, 2.75) is 12.9 Å². The minimum atomic E-state index is -4.66. The van der Waals surface area contributed by atoms with Gasteiger partial charge in [0.25, 0.3) is 0 Å². The Morgan fingerprint density at radius 3 is 2.56 bits per heavy atom. The maximum Gasteiger partial charge on any atom is 0.573 e. The van der Waals surface area contributed by atoms with Crippen LogP contribution in [0.25, 0.3) is 10.2 Å². The summed E-state index contributed by atoms with van der Waals surface area (Å²) in [7, 11) is 0. The topological polar surface area (TPSA) is 28.6 Å². The fourth-order valence-electron chi connectivity index (χ4n) is 3.17. The molecule has 4 nitrogen and oxygen atoms in total. The molecule has 0 bridgehead atoms. The number of alkyl halides is 3. The number of hydrogen-bond acceptors (Lipinski definition) is 5. The van der Waals surface area contributed by atoms with Crippen LogP contribution in [0.1, 0.15) is 5.56 Å². The fraction of sp³-hybridized carbons (Fsp3) is 0.316. The van der Waals surface area contributed by atoms with E-state index in [0.717, 1.165) is 47.6 Å². The third-order valence-electron chi connectivity index (χ3n) is 4.52. The molecule has 0 spiro atoms. The summed E-state index contributed by atoms with van der Waals surface area (Å²) < 4.78 is 41.7. The van der Waals surface area contributed by atoms with Gasteiger partial charge in [-0.3, -0.25) is 4.90 Å². The third-order valence-corrected chi connectivity index (χ3v) is 5.32. The van der Waals surface area contributed by atoms with Crippen molar-refractivity contribution >= 4 is 27.2 Å². The highest BCUT2D eigenvalue weighted by atomic mass is 32.1. The van der Waals surface area contributed by atoms with Gasteiger partial charge in [-0.1, -0.05) is 12.1 Å². The van der Waals surface area contributed by atoms with Crippen molar-refractivity contribution in [1.29, 1.82) is 0 Å². The Bertz CT molecular complexity index is 902. The van der Waals surface area contributed by atoms with E-state index in [0.29, 0.717) is 6.54 Å². The lowest BCUT2D eigenvalue weighted by molar-refractivity contribution is -0.274. The lowest BCUT2D eigenvalue weighted by atomic mass is 10.2. The molecule has 0 N–H and O–H groups in total. The van der Waals surface area contributed by atoms with Gasteiger partial charge in [0, 0.05) is 44.5 Å². The van der Waals surface area contributed by atoms with E-state index in [1.807, 2.05) is 11.6 Å². The molecule has 2 aromatic carbocycles. The van der Waals surface area contributed by atoms with E-state index >= 15 is 0 Å². The molecule has 1 saturated heterocycles. The van der Waals surface area contributed by atoms with Crippen LogP contribution >= 0.6 is 11.3 Å². The number of ether oxygens (including phenoxy) is 1. The molecule has 1 aliphatic rings. The molecule has 0 saturated carbocycles.